The molecule has 0 saturated carbocycles. The number of amides is 2. The fourth-order valence-corrected chi connectivity index (χ4v) is 3.77. The molecule has 1 unspecified atom stereocenters. The summed E-state index contributed by atoms with van der Waals surface area (Å²) in [6.07, 6.45) is 1.59. The van der Waals surface area contributed by atoms with Crippen molar-refractivity contribution in [1.29, 1.82) is 0 Å². The third kappa shape index (κ3) is 3.69. The van der Waals surface area contributed by atoms with E-state index in [4.69, 9.17) is 13.9 Å². The molecule has 1 saturated heterocycles. The van der Waals surface area contributed by atoms with Crippen molar-refractivity contribution in [2.24, 2.45) is 5.92 Å². The molecular weight excluding hydrogens is 360 g/mol. The van der Waals surface area contributed by atoms with Gasteiger partial charge in [0.05, 0.1) is 11.5 Å². The average molecular weight is 384 g/mol. The molecule has 0 aliphatic carbocycles. The molecule has 148 valence electrons. The third-order valence-corrected chi connectivity index (χ3v) is 5.25. The van der Waals surface area contributed by atoms with Crippen LogP contribution in [0.25, 0.3) is 0 Å². The van der Waals surface area contributed by atoms with E-state index in [0.717, 1.165) is 29.9 Å². The summed E-state index contributed by atoms with van der Waals surface area (Å²) >= 11 is 0. The van der Waals surface area contributed by atoms with Crippen LogP contribution in [0.15, 0.2) is 28.7 Å². The van der Waals surface area contributed by atoms with Crippen LogP contribution in [0.2, 0.25) is 0 Å². The first kappa shape index (κ1) is 18.4. The van der Waals surface area contributed by atoms with Gasteiger partial charge >= 0.3 is 0 Å². The molecule has 0 bridgehead atoms. The second kappa shape index (κ2) is 7.58. The molecule has 2 aliphatic rings. The van der Waals surface area contributed by atoms with Gasteiger partial charge in [-0.15, -0.1) is 0 Å². The highest BCUT2D eigenvalue weighted by molar-refractivity contribution is 5.95. The molecule has 2 amide bonds. The SMILES string of the molecule is Cc1cc(C(=O)N2CCCC(C(=O)NCc3ccc4c(c3)OCO4)C2)c(C)o1. The second-order valence-corrected chi connectivity index (χ2v) is 7.32. The monoisotopic (exact) mass is 384 g/mol. The lowest BCUT2D eigenvalue weighted by atomic mass is 9.96. The number of carbonyl (C=O) groups is 2. The largest absolute Gasteiger partial charge is 0.466 e. The Hall–Kier alpha value is -2.96. The number of carbonyl (C=O) groups excluding carboxylic acids is 2. The summed E-state index contributed by atoms with van der Waals surface area (Å²) in [6.45, 7) is 5.35. The molecule has 4 rings (SSSR count). The van der Waals surface area contributed by atoms with E-state index < -0.39 is 0 Å². The van der Waals surface area contributed by atoms with E-state index in [2.05, 4.69) is 5.32 Å². The minimum absolute atomic E-state index is 0.0322. The zero-order valence-electron chi connectivity index (χ0n) is 16.1. The lowest BCUT2D eigenvalue weighted by Crippen LogP contribution is -2.45. The highest BCUT2D eigenvalue weighted by atomic mass is 16.7. The molecular formula is C21H24N2O5. The molecule has 2 aliphatic heterocycles. The fourth-order valence-electron chi connectivity index (χ4n) is 3.77. The van der Waals surface area contributed by atoms with Crippen LogP contribution >= 0.6 is 0 Å². The highest BCUT2D eigenvalue weighted by Gasteiger charge is 2.30. The zero-order chi connectivity index (χ0) is 19.7. The number of likely N-dealkylation sites (tertiary alicyclic amines) is 1. The van der Waals surface area contributed by atoms with E-state index in [-0.39, 0.29) is 24.5 Å². The Bertz CT molecular complexity index is 904. The number of furan rings is 1. The normalized spacial score (nSPS) is 18.2. The van der Waals surface area contributed by atoms with Gasteiger partial charge in [-0.05, 0) is 50.5 Å². The molecule has 7 heteroatoms. The summed E-state index contributed by atoms with van der Waals surface area (Å²) in [5.41, 5.74) is 1.53. The van der Waals surface area contributed by atoms with Crippen LogP contribution in [0.5, 0.6) is 11.5 Å². The zero-order valence-corrected chi connectivity index (χ0v) is 16.1. The molecule has 1 fully saturated rings. The van der Waals surface area contributed by atoms with E-state index >= 15 is 0 Å². The van der Waals surface area contributed by atoms with Crippen molar-refractivity contribution in [2.45, 2.75) is 33.2 Å². The van der Waals surface area contributed by atoms with Crippen molar-refractivity contribution in [3.05, 3.63) is 46.9 Å². The van der Waals surface area contributed by atoms with Crippen molar-refractivity contribution in [2.75, 3.05) is 19.9 Å². The van der Waals surface area contributed by atoms with Gasteiger partial charge in [0.15, 0.2) is 11.5 Å². The van der Waals surface area contributed by atoms with E-state index in [0.29, 0.717) is 36.7 Å². The summed E-state index contributed by atoms with van der Waals surface area (Å²) in [6, 6.07) is 7.40. The van der Waals surface area contributed by atoms with E-state index in [1.165, 1.54) is 0 Å². The maximum atomic E-state index is 12.8. The number of ether oxygens (including phenoxy) is 2. The van der Waals surface area contributed by atoms with Gasteiger partial charge in [-0.1, -0.05) is 6.07 Å². The highest BCUT2D eigenvalue weighted by Crippen LogP contribution is 2.32. The van der Waals surface area contributed by atoms with Crippen molar-refractivity contribution < 1.29 is 23.5 Å². The minimum atomic E-state index is -0.208. The number of benzene rings is 1. The molecule has 2 aromatic rings. The lowest BCUT2D eigenvalue weighted by Gasteiger charge is -2.32. The fraction of sp³-hybridized carbons (Fsp3) is 0.429. The van der Waals surface area contributed by atoms with Gasteiger partial charge in [-0.25, -0.2) is 0 Å². The van der Waals surface area contributed by atoms with Crippen LogP contribution in [0.3, 0.4) is 0 Å². The standard InChI is InChI=1S/C21H24N2O5/c1-13-8-17(14(2)28-13)21(25)23-7-3-4-16(11-23)20(24)22-10-15-5-6-18-19(9-15)27-12-26-18/h5-6,8-9,16H,3-4,7,10-12H2,1-2H3,(H,22,24). The molecule has 1 N–H and O–H groups in total. The maximum Gasteiger partial charge on any atom is 0.257 e. The molecule has 1 aromatic carbocycles. The summed E-state index contributed by atoms with van der Waals surface area (Å²) in [7, 11) is 0. The van der Waals surface area contributed by atoms with Crippen molar-refractivity contribution in [1.82, 2.24) is 10.2 Å². The quantitative estimate of drug-likeness (QED) is 0.877. The van der Waals surface area contributed by atoms with Gasteiger partial charge in [0.1, 0.15) is 11.5 Å². The predicted molar refractivity (Wildman–Crippen MR) is 101 cm³/mol. The van der Waals surface area contributed by atoms with Gasteiger partial charge in [0, 0.05) is 19.6 Å². The topological polar surface area (TPSA) is 81.0 Å². The number of aryl methyl sites for hydroxylation is 2. The number of piperidine rings is 1. The van der Waals surface area contributed by atoms with Crippen LogP contribution in [-0.2, 0) is 11.3 Å². The Morgan fingerprint density at radius 3 is 2.79 bits per heavy atom. The first-order valence-corrected chi connectivity index (χ1v) is 9.54. The number of hydrogen-bond donors (Lipinski definition) is 1. The molecule has 28 heavy (non-hydrogen) atoms. The summed E-state index contributed by atoms with van der Waals surface area (Å²) in [4.78, 5) is 27.2. The molecule has 0 radical (unpaired) electrons. The summed E-state index contributed by atoms with van der Waals surface area (Å²) in [5, 5.41) is 2.98. The van der Waals surface area contributed by atoms with Gasteiger partial charge in [0.25, 0.3) is 5.91 Å². The second-order valence-electron chi connectivity index (χ2n) is 7.32. The van der Waals surface area contributed by atoms with Crippen LogP contribution in [-0.4, -0.2) is 36.6 Å². The van der Waals surface area contributed by atoms with Crippen LogP contribution < -0.4 is 14.8 Å². The van der Waals surface area contributed by atoms with Gasteiger partial charge in [0.2, 0.25) is 12.7 Å². The Morgan fingerprint density at radius 2 is 2.00 bits per heavy atom. The van der Waals surface area contributed by atoms with Gasteiger partial charge in [-0.3, -0.25) is 9.59 Å². The summed E-state index contributed by atoms with van der Waals surface area (Å²) in [5.74, 6) is 2.46. The predicted octanol–water partition coefficient (Wildman–Crippen LogP) is 2.79. The Kier molecular flexibility index (Phi) is 4.98. The van der Waals surface area contributed by atoms with Crippen molar-refractivity contribution in [3.63, 3.8) is 0 Å². The molecule has 1 aromatic heterocycles. The Balaban J connectivity index is 1.35. The molecule has 7 nitrogen and oxygen atoms in total. The number of nitrogens with zero attached hydrogens (tertiary/aromatic N) is 1. The van der Waals surface area contributed by atoms with Gasteiger partial charge < -0.3 is 24.1 Å². The van der Waals surface area contributed by atoms with E-state index in [1.807, 2.05) is 25.1 Å². The maximum absolute atomic E-state index is 12.8. The summed E-state index contributed by atoms with van der Waals surface area (Å²) < 4.78 is 16.1. The number of nitrogens with one attached hydrogen (secondary N) is 1. The number of hydrogen-bond acceptors (Lipinski definition) is 5. The molecule has 0 spiro atoms. The van der Waals surface area contributed by atoms with Crippen molar-refractivity contribution >= 4 is 11.8 Å². The first-order valence-electron chi connectivity index (χ1n) is 9.54. The van der Waals surface area contributed by atoms with Crippen LogP contribution in [0, 0.1) is 19.8 Å². The Morgan fingerprint density at radius 1 is 1.18 bits per heavy atom. The minimum Gasteiger partial charge on any atom is -0.466 e. The number of rotatable bonds is 4. The Labute approximate surface area is 163 Å². The van der Waals surface area contributed by atoms with Gasteiger partial charge in [-0.2, -0.15) is 0 Å². The molecule has 1 atom stereocenters. The average Bonchev–Trinajstić information content (AvgIpc) is 3.30. The smallest absolute Gasteiger partial charge is 0.257 e. The lowest BCUT2D eigenvalue weighted by molar-refractivity contribution is -0.126. The van der Waals surface area contributed by atoms with Crippen LogP contribution in [0.4, 0.5) is 0 Å². The van der Waals surface area contributed by atoms with Crippen molar-refractivity contribution in [3.8, 4) is 11.5 Å². The van der Waals surface area contributed by atoms with E-state index in [9.17, 15) is 9.59 Å². The number of fused-ring (bicyclic) bond motifs is 1. The third-order valence-electron chi connectivity index (χ3n) is 5.25. The first-order chi connectivity index (χ1) is 13.5. The molecule has 3 heterocycles. The van der Waals surface area contributed by atoms with E-state index in [1.54, 1.807) is 17.9 Å². The van der Waals surface area contributed by atoms with Crippen LogP contribution in [0.1, 0.15) is 40.3 Å².